The van der Waals surface area contributed by atoms with Crippen molar-refractivity contribution in [3.8, 4) is 5.75 Å². The third-order valence-electron chi connectivity index (χ3n) is 7.62. The zero-order valence-corrected chi connectivity index (χ0v) is 16.4. The molecule has 1 aromatic rings. The summed E-state index contributed by atoms with van der Waals surface area (Å²) in [6.45, 7) is 6.88. The first-order valence-corrected chi connectivity index (χ1v) is 9.99. The normalized spacial score (nSPS) is 30.5. The van der Waals surface area contributed by atoms with Gasteiger partial charge in [-0.1, -0.05) is 32.9 Å². The maximum absolute atomic E-state index is 12.6. The smallest absolute Gasteiger partial charge is 0.407 e. The van der Waals surface area contributed by atoms with Gasteiger partial charge in [-0.3, -0.25) is 0 Å². The summed E-state index contributed by atoms with van der Waals surface area (Å²) in [5.41, 5.74) is 3.02. The van der Waals surface area contributed by atoms with Crippen molar-refractivity contribution in [2.24, 2.45) is 16.7 Å². The number of carbonyl (C=O) groups excluding carboxylic acids is 1. The van der Waals surface area contributed by atoms with Crippen molar-refractivity contribution in [3.05, 3.63) is 29.3 Å². The maximum Gasteiger partial charge on any atom is 0.407 e. The highest BCUT2D eigenvalue weighted by Crippen LogP contribution is 2.70. The second kappa shape index (κ2) is 6.17. The van der Waals surface area contributed by atoms with Crippen molar-refractivity contribution in [3.63, 3.8) is 0 Å². The van der Waals surface area contributed by atoms with Gasteiger partial charge in [0.05, 0.1) is 7.11 Å². The monoisotopic (exact) mass is 357 g/mol. The van der Waals surface area contributed by atoms with Gasteiger partial charge in [-0.2, -0.15) is 0 Å². The Morgan fingerprint density at radius 1 is 1.27 bits per heavy atom. The van der Waals surface area contributed by atoms with Crippen LogP contribution in [-0.2, 0) is 17.6 Å². The van der Waals surface area contributed by atoms with E-state index in [9.17, 15) is 4.79 Å². The minimum absolute atomic E-state index is 0.0189. The van der Waals surface area contributed by atoms with Crippen LogP contribution >= 0.6 is 0 Å². The van der Waals surface area contributed by atoms with Gasteiger partial charge in [0, 0.05) is 11.5 Å². The highest BCUT2D eigenvalue weighted by atomic mass is 16.6. The molecular formula is C22H31NO3. The van der Waals surface area contributed by atoms with Gasteiger partial charge in [0.25, 0.3) is 0 Å². The van der Waals surface area contributed by atoms with Gasteiger partial charge < -0.3 is 14.8 Å². The Bertz CT molecular complexity index is 693. The average Bonchev–Trinajstić information content (AvgIpc) is 3.40. The van der Waals surface area contributed by atoms with E-state index in [0.717, 1.165) is 31.4 Å². The van der Waals surface area contributed by atoms with Crippen molar-refractivity contribution in [2.75, 3.05) is 7.11 Å². The lowest BCUT2D eigenvalue weighted by Gasteiger charge is -2.34. The predicted octanol–water partition coefficient (Wildman–Crippen LogP) is 4.49. The van der Waals surface area contributed by atoms with Crippen molar-refractivity contribution in [2.45, 2.75) is 71.4 Å². The van der Waals surface area contributed by atoms with E-state index in [2.05, 4.69) is 32.2 Å². The van der Waals surface area contributed by atoms with Crippen LogP contribution in [0.1, 0.15) is 57.6 Å². The Hall–Kier alpha value is -1.71. The topological polar surface area (TPSA) is 47.6 Å². The number of carbonyl (C=O) groups is 1. The van der Waals surface area contributed by atoms with Crippen molar-refractivity contribution in [1.82, 2.24) is 5.32 Å². The average molecular weight is 357 g/mol. The number of ether oxygens (including phenoxy) is 2. The van der Waals surface area contributed by atoms with Crippen molar-refractivity contribution in [1.29, 1.82) is 0 Å². The maximum atomic E-state index is 12.6. The van der Waals surface area contributed by atoms with Crippen LogP contribution < -0.4 is 10.1 Å². The van der Waals surface area contributed by atoms with Crippen LogP contribution in [0.4, 0.5) is 4.79 Å². The fraction of sp³-hybridized carbons (Fsp3) is 0.682. The van der Waals surface area contributed by atoms with Gasteiger partial charge in [-0.05, 0) is 67.1 Å². The number of aryl methyl sites for hydroxylation is 1. The summed E-state index contributed by atoms with van der Waals surface area (Å²) in [5.74, 6) is 1.56. The van der Waals surface area contributed by atoms with Gasteiger partial charge in [0.1, 0.15) is 11.9 Å². The predicted molar refractivity (Wildman–Crippen MR) is 101 cm³/mol. The summed E-state index contributed by atoms with van der Waals surface area (Å²) in [6, 6.07) is 6.31. The van der Waals surface area contributed by atoms with Crippen LogP contribution in [0.15, 0.2) is 18.2 Å². The standard InChI is InChI=1S/C22H31NO3/c1-14-12-19(21(2,3)22(14)10-11-22)26-20(24)23-16-9-8-15-6-5-7-18(25-4)17(15)13-16/h5-7,14,16,19H,8-13H2,1-4H3,(H,23,24). The summed E-state index contributed by atoms with van der Waals surface area (Å²) in [6.07, 6.45) is 6.03. The number of benzene rings is 1. The summed E-state index contributed by atoms with van der Waals surface area (Å²) < 4.78 is 11.4. The summed E-state index contributed by atoms with van der Waals surface area (Å²) in [4.78, 5) is 12.6. The SMILES string of the molecule is COc1cccc2c1CC(NC(=O)OC1CC(C)C3(CC3)C1(C)C)CC2. The van der Waals surface area contributed by atoms with Crippen LogP contribution in [0.25, 0.3) is 0 Å². The zero-order chi connectivity index (χ0) is 18.5. The van der Waals surface area contributed by atoms with Crippen LogP contribution in [0.3, 0.4) is 0 Å². The first kappa shape index (κ1) is 17.7. The van der Waals surface area contributed by atoms with E-state index in [-0.39, 0.29) is 23.7 Å². The minimum Gasteiger partial charge on any atom is -0.496 e. The molecule has 0 aliphatic heterocycles. The van der Waals surface area contributed by atoms with E-state index in [1.54, 1.807) is 7.11 Å². The first-order valence-electron chi connectivity index (χ1n) is 9.99. The third kappa shape index (κ3) is 2.69. The molecule has 0 saturated heterocycles. The molecule has 3 unspecified atom stereocenters. The van der Waals surface area contributed by atoms with E-state index in [1.807, 2.05) is 12.1 Å². The van der Waals surface area contributed by atoms with Crippen LogP contribution in [-0.4, -0.2) is 25.3 Å². The molecule has 3 aliphatic rings. The van der Waals surface area contributed by atoms with E-state index in [1.165, 1.54) is 24.0 Å². The third-order valence-corrected chi connectivity index (χ3v) is 7.62. The minimum atomic E-state index is -0.253. The van der Waals surface area contributed by atoms with E-state index < -0.39 is 0 Å². The van der Waals surface area contributed by atoms with Crippen molar-refractivity contribution >= 4 is 6.09 Å². The molecular weight excluding hydrogens is 326 g/mol. The first-order chi connectivity index (χ1) is 12.4. The lowest BCUT2D eigenvalue weighted by atomic mass is 9.75. The molecule has 4 heteroatoms. The number of hydrogen-bond acceptors (Lipinski definition) is 3. The highest BCUT2D eigenvalue weighted by molar-refractivity contribution is 5.68. The zero-order valence-electron chi connectivity index (χ0n) is 16.4. The van der Waals surface area contributed by atoms with E-state index in [0.29, 0.717) is 11.3 Å². The molecule has 1 amide bonds. The quantitative estimate of drug-likeness (QED) is 0.867. The molecule has 3 aliphatic carbocycles. The van der Waals surface area contributed by atoms with Crippen LogP contribution in [0.2, 0.25) is 0 Å². The largest absolute Gasteiger partial charge is 0.496 e. The Balaban J connectivity index is 1.39. The number of hydrogen-bond donors (Lipinski definition) is 1. The molecule has 2 saturated carbocycles. The van der Waals surface area contributed by atoms with Gasteiger partial charge in [-0.15, -0.1) is 0 Å². The van der Waals surface area contributed by atoms with E-state index in [4.69, 9.17) is 9.47 Å². The summed E-state index contributed by atoms with van der Waals surface area (Å²) in [7, 11) is 1.71. The molecule has 4 nitrogen and oxygen atoms in total. The lowest BCUT2D eigenvalue weighted by Crippen LogP contribution is -2.43. The summed E-state index contributed by atoms with van der Waals surface area (Å²) >= 11 is 0. The Morgan fingerprint density at radius 2 is 2.04 bits per heavy atom. The number of amides is 1. The second-order valence-corrected chi connectivity index (χ2v) is 9.09. The van der Waals surface area contributed by atoms with Gasteiger partial charge >= 0.3 is 6.09 Å². The molecule has 1 N–H and O–H groups in total. The highest BCUT2D eigenvalue weighted by Gasteiger charge is 2.66. The van der Waals surface area contributed by atoms with E-state index >= 15 is 0 Å². The molecule has 1 spiro atoms. The molecule has 142 valence electrons. The molecule has 4 rings (SSSR count). The molecule has 2 fully saturated rings. The number of rotatable bonds is 3. The Kier molecular flexibility index (Phi) is 4.20. The van der Waals surface area contributed by atoms with Crippen molar-refractivity contribution < 1.29 is 14.3 Å². The molecule has 0 heterocycles. The van der Waals surface area contributed by atoms with Crippen LogP contribution in [0, 0.1) is 16.7 Å². The number of methoxy groups -OCH3 is 1. The number of nitrogens with one attached hydrogen (secondary N) is 1. The number of alkyl carbamates (subject to hydrolysis) is 1. The second-order valence-electron chi connectivity index (χ2n) is 9.09. The molecule has 26 heavy (non-hydrogen) atoms. The molecule has 1 aromatic carbocycles. The fourth-order valence-corrected chi connectivity index (χ4v) is 5.66. The van der Waals surface area contributed by atoms with Gasteiger partial charge in [0.15, 0.2) is 0 Å². The number of fused-ring (bicyclic) bond motifs is 1. The van der Waals surface area contributed by atoms with Gasteiger partial charge in [0.2, 0.25) is 0 Å². The van der Waals surface area contributed by atoms with Gasteiger partial charge in [-0.25, -0.2) is 4.79 Å². The molecule has 0 radical (unpaired) electrons. The fourth-order valence-electron chi connectivity index (χ4n) is 5.66. The molecule has 0 bridgehead atoms. The Morgan fingerprint density at radius 3 is 2.69 bits per heavy atom. The lowest BCUT2D eigenvalue weighted by molar-refractivity contribution is 0.0188. The molecule has 3 atom stereocenters. The Labute approximate surface area is 156 Å². The summed E-state index contributed by atoms with van der Waals surface area (Å²) in [5, 5.41) is 3.12. The van der Waals surface area contributed by atoms with Crippen LogP contribution in [0.5, 0.6) is 5.75 Å². The molecule has 0 aromatic heterocycles.